The van der Waals surface area contributed by atoms with E-state index >= 15 is 0 Å². The number of fused-ring (bicyclic) bond motifs is 6. The monoisotopic (exact) mass is 701 g/mol. The molecule has 3 aromatic carbocycles. The van der Waals surface area contributed by atoms with E-state index in [1.165, 1.54) is 0 Å². The zero-order valence-electron chi connectivity index (χ0n) is 30.4. The Morgan fingerprint density at radius 1 is 0.780 bits per heavy atom. The number of unbranched alkanes of at least 4 members (excludes halogenated alkanes) is 3. The zero-order chi connectivity index (χ0) is 36.4. The molecule has 0 amide bonds. The third kappa shape index (κ3) is 7.90. The third-order valence-corrected chi connectivity index (χ3v) is 9.20. The normalized spacial score (nSPS) is 14.3. The van der Waals surface area contributed by atoms with Gasteiger partial charge in [-0.2, -0.15) is 0 Å². The van der Waals surface area contributed by atoms with E-state index in [0.29, 0.717) is 33.8 Å². The molecule has 0 saturated heterocycles. The minimum Gasteiger partial charge on any atom is -0.456 e. The molecule has 0 aliphatic carbocycles. The van der Waals surface area contributed by atoms with Crippen LogP contribution >= 0.6 is 8.15 Å². The van der Waals surface area contributed by atoms with Crippen LogP contribution in [0.4, 0.5) is 0 Å². The van der Waals surface area contributed by atoms with E-state index < -0.39 is 34.3 Å². The summed E-state index contributed by atoms with van der Waals surface area (Å²) in [4.78, 5) is 39.1. The average Bonchev–Trinajstić information content (AvgIpc) is 3.32. The predicted molar refractivity (Wildman–Crippen MR) is 195 cm³/mol. The highest BCUT2D eigenvalue weighted by Crippen LogP contribution is 2.57. The van der Waals surface area contributed by atoms with Crippen LogP contribution in [0.5, 0.6) is 23.0 Å². The maximum Gasteiger partial charge on any atom is 0.340 e. The topological polar surface area (TPSA) is 109 Å². The fraction of sp³-hybridized carbons (Fsp3) is 0.425. The summed E-state index contributed by atoms with van der Waals surface area (Å²) in [6.45, 7) is 20.7. The standard InChI is InChI=1S/C40H48NO8P/c1-25(41-20-12-10-11-13-21-45-50(8)9)26-14-17-29-32(22-26)40(49-35(29)42)30-18-15-27(46-36(43)38(2,3)4)23-33(30)48-34-24-28(16-19-31(34)40)47-37(44)39(5,6)7/h14-19,22-24,41H,1,10-13,20-21H2,2-9H3. The second kappa shape index (κ2) is 14.6. The lowest BCUT2D eigenvalue weighted by Crippen LogP contribution is -2.33. The number of benzene rings is 3. The summed E-state index contributed by atoms with van der Waals surface area (Å²) in [7, 11) is -0.318. The molecule has 9 nitrogen and oxygen atoms in total. The van der Waals surface area contributed by atoms with Gasteiger partial charge in [0.15, 0.2) is 5.60 Å². The van der Waals surface area contributed by atoms with Crippen LogP contribution in [0.25, 0.3) is 5.70 Å². The summed E-state index contributed by atoms with van der Waals surface area (Å²) in [5.74, 6) is -0.0813. The second-order valence-electron chi connectivity index (χ2n) is 15.0. The van der Waals surface area contributed by atoms with Gasteiger partial charge in [0.1, 0.15) is 23.0 Å². The van der Waals surface area contributed by atoms with Crippen LogP contribution in [0.2, 0.25) is 0 Å². The molecule has 0 radical (unpaired) electrons. The summed E-state index contributed by atoms with van der Waals surface area (Å²) in [6, 6.07) is 15.6. The number of hydrogen-bond acceptors (Lipinski definition) is 9. The van der Waals surface area contributed by atoms with E-state index in [1.807, 2.05) is 12.1 Å². The first-order valence-electron chi connectivity index (χ1n) is 17.0. The number of nitrogens with one attached hydrogen (secondary N) is 1. The molecule has 2 heterocycles. The Balaban J connectivity index is 1.49. The maximum absolute atomic E-state index is 13.6. The Bertz CT molecular complexity index is 1720. The lowest BCUT2D eigenvalue weighted by atomic mass is 9.77. The maximum atomic E-state index is 13.6. The van der Waals surface area contributed by atoms with Gasteiger partial charge in [-0.3, -0.25) is 9.59 Å². The molecule has 5 rings (SSSR count). The molecule has 0 saturated carbocycles. The van der Waals surface area contributed by atoms with E-state index in [2.05, 4.69) is 25.2 Å². The highest BCUT2D eigenvalue weighted by atomic mass is 31.1. The Labute approximate surface area is 296 Å². The van der Waals surface area contributed by atoms with Crippen molar-refractivity contribution in [1.82, 2.24) is 5.32 Å². The second-order valence-corrected chi connectivity index (χ2v) is 16.9. The molecule has 0 atom stereocenters. The molecule has 1 spiro atoms. The van der Waals surface area contributed by atoms with Crippen LogP contribution in [-0.2, 0) is 24.5 Å². The van der Waals surface area contributed by atoms with Crippen LogP contribution in [0.15, 0.2) is 61.2 Å². The third-order valence-electron chi connectivity index (χ3n) is 8.50. The van der Waals surface area contributed by atoms with E-state index in [4.69, 9.17) is 23.5 Å². The van der Waals surface area contributed by atoms with Crippen molar-refractivity contribution >= 4 is 31.8 Å². The molecule has 0 unspecified atom stereocenters. The van der Waals surface area contributed by atoms with E-state index in [9.17, 15) is 14.4 Å². The highest BCUT2D eigenvalue weighted by Gasteiger charge is 2.54. The van der Waals surface area contributed by atoms with E-state index in [1.54, 1.807) is 84.0 Å². The molecular weight excluding hydrogens is 653 g/mol. The van der Waals surface area contributed by atoms with Gasteiger partial charge >= 0.3 is 17.9 Å². The lowest BCUT2D eigenvalue weighted by Gasteiger charge is -2.37. The molecule has 50 heavy (non-hydrogen) atoms. The average molecular weight is 702 g/mol. The smallest absolute Gasteiger partial charge is 0.340 e. The fourth-order valence-electron chi connectivity index (χ4n) is 5.69. The van der Waals surface area contributed by atoms with Gasteiger partial charge in [-0.05, 0) is 110 Å². The zero-order valence-corrected chi connectivity index (χ0v) is 31.3. The lowest BCUT2D eigenvalue weighted by molar-refractivity contribution is -0.143. The van der Waals surface area contributed by atoms with Gasteiger partial charge < -0.3 is 28.8 Å². The van der Waals surface area contributed by atoms with Crippen molar-refractivity contribution in [1.29, 1.82) is 0 Å². The first kappa shape index (κ1) is 37.1. The predicted octanol–water partition coefficient (Wildman–Crippen LogP) is 8.95. The largest absolute Gasteiger partial charge is 0.456 e. The van der Waals surface area contributed by atoms with Crippen LogP contribution in [0.1, 0.15) is 99.8 Å². The number of hydrogen-bond donors (Lipinski definition) is 1. The van der Waals surface area contributed by atoms with Crippen LogP contribution in [0, 0.1) is 10.8 Å². The van der Waals surface area contributed by atoms with Gasteiger partial charge in [0.2, 0.25) is 0 Å². The van der Waals surface area contributed by atoms with Crippen LogP contribution in [-0.4, -0.2) is 44.4 Å². The SMILES string of the molecule is C=C(NCCCCCCOP(C)C)c1ccc2c(c1)C1(OC2=O)c2ccc(OC(=O)C(C)(C)C)cc2Oc2cc(OC(=O)C(C)(C)C)ccc21. The number of carbonyl (C=O) groups is 3. The Morgan fingerprint density at radius 2 is 1.34 bits per heavy atom. The number of ether oxygens (including phenoxy) is 4. The number of carbonyl (C=O) groups excluding carboxylic acids is 3. The first-order valence-corrected chi connectivity index (χ1v) is 19.2. The molecule has 2 aliphatic rings. The van der Waals surface area contributed by atoms with Gasteiger partial charge in [-0.1, -0.05) is 25.5 Å². The van der Waals surface area contributed by atoms with Gasteiger partial charge in [-0.25, -0.2) is 4.79 Å². The van der Waals surface area contributed by atoms with Crippen molar-refractivity contribution in [2.45, 2.75) is 72.8 Å². The van der Waals surface area contributed by atoms with Crippen LogP contribution in [0.3, 0.4) is 0 Å². The van der Waals surface area contributed by atoms with Crippen molar-refractivity contribution in [3.05, 3.63) is 89.0 Å². The quantitative estimate of drug-likeness (QED) is 0.0857. The summed E-state index contributed by atoms with van der Waals surface area (Å²) >= 11 is 0. The molecule has 0 fully saturated rings. The minimum atomic E-state index is -1.40. The Morgan fingerprint density at radius 3 is 1.88 bits per heavy atom. The van der Waals surface area contributed by atoms with E-state index in [0.717, 1.165) is 50.1 Å². The van der Waals surface area contributed by atoms with Gasteiger partial charge in [0.25, 0.3) is 0 Å². The molecule has 0 aromatic heterocycles. The van der Waals surface area contributed by atoms with Crippen molar-refractivity contribution in [2.75, 3.05) is 26.5 Å². The van der Waals surface area contributed by atoms with Gasteiger partial charge in [0, 0.05) is 49.2 Å². The van der Waals surface area contributed by atoms with Gasteiger partial charge in [0.05, 0.1) is 23.0 Å². The molecular formula is C40H48NO8P. The fourth-order valence-corrected chi connectivity index (χ4v) is 6.18. The van der Waals surface area contributed by atoms with Gasteiger partial charge in [-0.15, -0.1) is 0 Å². The summed E-state index contributed by atoms with van der Waals surface area (Å²) in [5, 5.41) is 3.45. The van der Waals surface area contributed by atoms with Crippen molar-refractivity contribution in [2.24, 2.45) is 10.8 Å². The number of esters is 3. The first-order chi connectivity index (χ1) is 23.5. The van der Waals surface area contributed by atoms with Crippen molar-refractivity contribution < 1.29 is 37.9 Å². The number of rotatable bonds is 12. The Kier molecular flexibility index (Phi) is 10.8. The van der Waals surface area contributed by atoms with Crippen molar-refractivity contribution in [3.8, 4) is 23.0 Å². The minimum absolute atomic E-state index is 0.279. The molecule has 1 N–H and O–H groups in total. The van der Waals surface area contributed by atoms with Crippen molar-refractivity contribution in [3.63, 3.8) is 0 Å². The molecule has 0 bridgehead atoms. The molecule has 3 aromatic rings. The molecule has 10 heteroatoms. The summed E-state index contributed by atoms with van der Waals surface area (Å²) < 4.78 is 29.9. The summed E-state index contributed by atoms with van der Waals surface area (Å²) in [5.41, 5.74) is 0.847. The summed E-state index contributed by atoms with van der Waals surface area (Å²) in [6.07, 6.45) is 4.23. The highest BCUT2D eigenvalue weighted by molar-refractivity contribution is 7.50. The molecule has 2 aliphatic heterocycles. The van der Waals surface area contributed by atoms with E-state index in [-0.39, 0.29) is 19.6 Å². The Hall–Kier alpha value is -4.20. The van der Waals surface area contributed by atoms with Crippen LogP contribution < -0.4 is 19.5 Å². The molecule has 266 valence electrons.